The van der Waals surface area contributed by atoms with E-state index in [4.69, 9.17) is 13.6 Å². The van der Waals surface area contributed by atoms with Gasteiger partial charge < -0.3 is 18.7 Å². The van der Waals surface area contributed by atoms with Crippen LogP contribution in [0, 0.1) is 22.7 Å². The molecule has 4 aliphatic carbocycles. The minimum Gasteiger partial charge on any atom is -0.413 e. The molecule has 0 amide bonds. The van der Waals surface area contributed by atoms with Crippen LogP contribution in [0.4, 0.5) is 0 Å². The summed E-state index contributed by atoms with van der Waals surface area (Å²) in [6, 6.07) is 0. The Balaban J connectivity index is 1.53. The van der Waals surface area contributed by atoms with E-state index in [1.54, 1.807) is 11.1 Å². The van der Waals surface area contributed by atoms with Gasteiger partial charge in [0.2, 0.25) is 0 Å². The lowest BCUT2D eigenvalue weighted by Crippen LogP contribution is -2.54. The van der Waals surface area contributed by atoms with E-state index in [9.17, 15) is 5.11 Å². The van der Waals surface area contributed by atoms with Gasteiger partial charge in [-0.25, -0.2) is 0 Å². The normalized spacial score (nSPS) is 31.3. The Kier molecular flexibility index (Phi) is 12.4. The van der Waals surface area contributed by atoms with Crippen molar-refractivity contribution in [3.63, 3.8) is 0 Å². The third-order valence-electron chi connectivity index (χ3n) is 15.1. The lowest BCUT2D eigenvalue weighted by atomic mass is 9.62. The molecule has 4 aliphatic rings. The van der Waals surface area contributed by atoms with E-state index >= 15 is 0 Å². The Bertz CT molecular complexity index is 1110. The molecule has 0 saturated heterocycles. The second-order valence-corrected chi connectivity index (χ2v) is 29.7. The number of allylic oxidation sites excluding steroid dienone is 3. The van der Waals surface area contributed by atoms with Gasteiger partial charge in [-0.05, 0) is 144 Å². The van der Waals surface area contributed by atoms with Crippen LogP contribution in [0.15, 0.2) is 23.3 Å². The van der Waals surface area contributed by atoms with Crippen molar-refractivity contribution in [2.75, 3.05) is 6.61 Å². The molecule has 0 radical (unpaired) electrons. The van der Waals surface area contributed by atoms with Gasteiger partial charge in [-0.2, -0.15) is 0 Å². The predicted molar refractivity (Wildman–Crippen MR) is 210 cm³/mol. The Labute approximate surface area is 299 Å². The van der Waals surface area contributed by atoms with Crippen LogP contribution in [-0.2, 0) is 13.6 Å². The van der Waals surface area contributed by atoms with Gasteiger partial charge in [-0.1, -0.05) is 85.6 Å². The van der Waals surface area contributed by atoms with Gasteiger partial charge in [-0.15, -0.1) is 0 Å². The first-order valence-electron chi connectivity index (χ1n) is 20.1. The lowest BCUT2D eigenvalue weighted by molar-refractivity contribution is -0.0366. The highest BCUT2D eigenvalue weighted by atomic mass is 28.4. The lowest BCUT2D eigenvalue weighted by Gasteiger charge is -2.49. The zero-order valence-corrected chi connectivity index (χ0v) is 36.1. The first-order valence-corrected chi connectivity index (χ1v) is 25.9. The molecule has 1 N–H and O–H groups in total. The topological polar surface area (TPSA) is 47.9 Å². The molecule has 0 bridgehead atoms. The van der Waals surface area contributed by atoms with Crippen molar-refractivity contribution in [2.24, 2.45) is 22.7 Å². The van der Waals surface area contributed by atoms with Crippen molar-refractivity contribution in [3.8, 4) is 0 Å². The zero-order valence-electron chi connectivity index (χ0n) is 34.1. The molecule has 0 aliphatic heterocycles. The second-order valence-electron chi connectivity index (χ2n) is 20.1. The van der Waals surface area contributed by atoms with Crippen molar-refractivity contribution in [1.82, 2.24) is 0 Å². The highest BCUT2D eigenvalue weighted by Crippen LogP contribution is 2.62. The fraction of sp³-hybridized carbons (Fsp3) is 0.905. The van der Waals surface area contributed by atoms with Crippen molar-refractivity contribution < 1.29 is 18.7 Å². The van der Waals surface area contributed by atoms with Crippen molar-refractivity contribution in [2.45, 2.75) is 213 Å². The maximum Gasteiger partial charge on any atom is 0.192 e. The summed E-state index contributed by atoms with van der Waals surface area (Å²) in [4.78, 5) is 0. The third-order valence-corrected chi connectivity index (χ3v) is 24.1. The van der Waals surface area contributed by atoms with E-state index in [0.29, 0.717) is 17.3 Å². The molecule has 4 saturated carbocycles. The Morgan fingerprint density at radius 1 is 0.854 bits per heavy atom. The molecule has 4 nitrogen and oxygen atoms in total. The molecule has 6 heteroatoms. The summed E-state index contributed by atoms with van der Waals surface area (Å²) >= 11 is 0. The van der Waals surface area contributed by atoms with E-state index in [2.05, 4.69) is 108 Å². The van der Waals surface area contributed by atoms with Gasteiger partial charge >= 0.3 is 0 Å². The highest BCUT2D eigenvalue weighted by Gasteiger charge is 2.61. The first kappa shape index (κ1) is 40.5. The fourth-order valence-electron chi connectivity index (χ4n) is 9.15. The SMILES string of the molecule is CCC(O)(CC)CCCO[C@H](C)C1CCC2C(=CC=C3C[C@@H](O[Si](C)(C)C(C)(C)C)C4(CC4)[C@H](O[Si](C)(C)C(C)(C)C)C3)CCCC21C. The van der Waals surface area contributed by atoms with Gasteiger partial charge in [0.05, 0.1) is 23.9 Å². The standard InChI is InChI=1S/C42H78O4Si2/c1-15-41(43,16-2)25-18-28-44-31(3)34-22-23-35-33(19-17-24-40(34,35)10)21-20-32-29-36(45-47(11,12)38(4,5)6)42(26-27-42)37(30-32)46-48(13,14)39(7,8)9/h20-21,31,34-37,43H,15-19,22-30H2,1-14H3/t31-,34?,35?,36-,37-,40?/m1/s1. The molecule has 6 atom stereocenters. The first-order chi connectivity index (χ1) is 22.0. The summed E-state index contributed by atoms with van der Waals surface area (Å²) in [5.41, 5.74) is 3.20. The summed E-state index contributed by atoms with van der Waals surface area (Å²) in [5.74, 6) is 1.26. The number of fused-ring (bicyclic) bond motifs is 1. The molecule has 0 aromatic carbocycles. The van der Waals surface area contributed by atoms with Crippen molar-refractivity contribution >= 4 is 16.6 Å². The molecule has 4 rings (SSSR count). The van der Waals surface area contributed by atoms with Crippen LogP contribution in [-0.4, -0.2) is 52.3 Å². The van der Waals surface area contributed by atoms with E-state index in [1.807, 2.05) is 0 Å². The highest BCUT2D eigenvalue weighted by molar-refractivity contribution is 6.74. The summed E-state index contributed by atoms with van der Waals surface area (Å²) in [5, 5.41) is 11.1. The third kappa shape index (κ3) is 8.51. The zero-order chi connectivity index (χ0) is 36.0. The number of aliphatic hydroxyl groups is 1. The van der Waals surface area contributed by atoms with Crippen LogP contribution in [0.2, 0.25) is 36.3 Å². The molecule has 0 heterocycles. The van der Waals surface area contributed by atoms with Crippen molar-refractivity contribution in [3.05, 3.63) is 23.3 Å². The van der Waals surface area contributed by atoms with E-state index in [-0.39, 0.29) is 33.8 Å². The molecule has 278 valence electrons. The average Bonchev–Trinajstić information content (AvgIpc) is 3.70. The summed E-state index contributed by atoms with van der Waals surface area (Å²) < 4.78 is 21.2. The minimum atomic E-state index is -1.93. The largest absolute Gasteiger partial charge is 0.413 e. The van der Waals surface area contributed by atoms with Gasteiger partial charge in [0.15, 0.2) is 16.6 Å². The van der Waals surface area contributed by atoms with Crippen LogP contribution in [0.3, 0.4) is 0 Å². The van der Waals surface area contributed by atoms with E-state index < -0.39 is 22.2 Å². The minimum absolute atomic E-state index is 0.194. The van der Waals surface area contributed by atoms with E-state index in [0.717, 1.165) is 45.1 Å². The maximum absolute atomic E-state index is 10.7. The molecular weight excluding hydrogens is 625 g/mol. The van der Waals surface area contributed by atoms with Crippen LogP contribution >= 0.6 is 0 Å². The Morgan fingerprint density at radius 3 is 1.88 bits per heavy atom. The van der Waals surface area contributed by atoms with Gasteiger partial charge in [0, 0.05) is 12.0 Å². The second kappa shape index (κ2) is 14.6. The molecule has 1 spiro atoms. The number of ether oxygens (including phenoxy) is 1. The predicted octanol–water partition coefficient (Wildman–Crippen LogP) is 12.1. The molecule has 48 heavy (non-hydrogen) atoms. The summed E-state index contributed by atoms with van der Waals surface area (Å²) in [7, 11) is -3.87. The van der Waals surface area contributed by atoms with E-state index in [1.165, 1.54) is 44.9 Å². The van der Waals surface area contributed by atoms with Crippen molar-refractivity contribution in [1.29, 1.82) is 0 Å². The van der Waals surface area contributed by atoms with Crippen LogP contribution in [0.5, 0.6) is 0 Å². The van der Waals surface area contributed by atoms with Crippen LogP contribution in [0.25, 0.3) is 0 Å². The average molecular weight is 703 g/mol. The fourth-order valence-corrected chi connectivity index (χ4v) is 11.9. The van der Waals surface area contributed by atoms with Crippen LogP contribution in [0.1, 0.15) is 153 Å². The smallest absolute Gasteiger partial charge is 0.192 e. The van der Waals surface area contributed by atoms with Gasteiger partial charge in [0.1, 0.15) is 0 Å². The number of rotatable bonds is 13. The van der Waals surface area contributed by atoms with Gasteiger partial charge in [0.25, 0.3) is 0 Å². The number of hydrogen-bond acceptors (Lipinski definition) is 4. The summed E-state index contributed by atoms with van der Waals surface area (Å²) in [6.07, 6.45) is 20.3. The molecular formula is C42H78O4Si2. The molecule has 4 fully saturated rings. The molecule has 3 unspecified atom stereocenters. The van der Waals surface area contributed by atoms with Gasteiger partial charge in [-0.3, -0.25) is 0 Å². The maximum atomic E-state index is 10.7. The Hall–Kier alpha value is -0.246. The number of hydrogen-bond donors (Lipinski definition) is 1. The van der Waals surface area contributed by atoms with Crippen LogP contribution < -0.4 is 0 Å². The Morgan fingerprint density at radius 2 is 1.40 bits per heavy atom. The molecule has 0 aromatic rings. The monoisotopic (exact) mass is 703 g/mol. The molecule has 0 aromatic heterocycles. The quantitative estimate of drug-likeness (QED) is 0.153. The summed E-state index contributed by atoms with van der Waals surface area (Å²) in [6.45, 7) is 33.9.